The summed E-state index contributed by atoms with van der Waals surface area (Å²) in [7, 11) is 0. The van der Waals surface area contributed by atoms with Gasteiger partial charge >= 0.3 is 0 Å². The first-order chi connectivity index (χ1) is 13.0. The van der Waals surface area contributed by atoms with Gasteiger partial charge in [0, 0.05) is 45.3 Å². The van der Waals surface area contributed by atoms with Crippen LogP contribution in [0.25, 0.3) is 0 Å². The number of aryl methyl sites for hydroxylation is 1. The molecule has 3 rings (SSSR count). The molecule has 1 fully saturated rings. The molecule has 1 aliphatic heterocycles. The summed E-state index contributed by atoms with van der Waals surface area (Å²) in [6.07, 6.45) is 0.401. The Morgan fingerprint density at radius 2 is 1.67 bits per heavy atom. The van der Waals surface area contributed by atoms with E-state index in [-0.39, 0.29) is 11.8 Å². The Kier molecular flexibility index (Phi) is 6.24. The molecule has 0 radical (unpaired) electrons. The van der Waals surface area contributed by atoms with E-state index in [0.717, 1.165) is 44.0 Å². The van der Waals surface area contributed by atoms with Crippen LogP contribution in [0.1, 0.15) is 23.6 Å². The number of benzene rings is 2. The van der Waals surface area contributed by atoms with Crippen molar-refractivity contribution in [2.45, 2.75) is 26.8 Å². The van der Waals surface area contributed by atoms with E-state index >= 15 is 0 Å². The highest BCUT2D eigenvalue weighted by Crippen LogP contribution is 2.13. The third kappa shape index (κ3) is 5.66. The maximum Gasteiger partial charge on any atom is 0.227 e. The molecule has 5 heteroatoms. The van der Waals surface area contributed by atoms with Crippen molar-refractivity contribution in [3.63, 3.8) is 0 Å². The molecule has 0 atom stereocenters. The van der Waals surface area contributed by atoms with Crippen LogP contribution in [-0.4, -0.2) is 47.8 Å². The number of carbonyl (C=O) groups is 2. The van der Waals surface area contributed by atoms with Gasteiger partial charge in [0.2, 0.25) is 11.8 Å². The highest BCUT2D eigenvalue weighted by molar-refractivity contribution is 5.88. The SMILES string of the molecule is CC(=O)Nc1ccc(CC(=O)N2CCN(Cc3cccc(C)c3)CC2)cc1. The van der Waals surface area contributed by atoms with Gasteiger partial charge in [-0.15, -0.1) is 0 Å². The molecule has 2 aromatic carbocycles. The Balaban J connectivity index is 1.47. The maximum atomic E-state index is 12.6. The van der Waals surface area contributed by atoms with Gasteiger partial charge in [0.25, 0.3) is 0 Å². The van der Waals surface area contributed by atoms with Crippen LogP contribution in [0, 0.1) is 6.92 Å². The average molecular weight is 365 g/mol. The number of hydrogen-bond acceptors (Lipinski definition) is 3. The lowest BCUT2D eigenvalue weighted by Gasteiger charge is -2.35. The number of piperazine rings is 1. The fourth-order valence-corrected chi connectivity index (χ4v) is 3.42. The fraction of sp³-hybridized carbons (Fsp3) is 0.364. The van der Waals surface area contributed by atoms with Gasteiger partial charge in [-0.25, -0.2) is 0 Å². The quantitative estimate of drug-likeness (QED) is 0.886. The van der Waals surface area contributed by atoms with Crippen LogP contribution in [-0.2, 0) is 22.6 Å². The van der Waals surface area contributed by atoms with Crippen molar-refractivity contribution in [2.24, 2.45) is 0 Å². The largest absolute Gasteiger partial charge is 0.340 e. The van der Waals surface area contributed by atoms with Crippen molar-refractivity contribution in [3.05, 3.63) is 65.2 Å². The van der Waals surface area contributed by atoms with Crippen molar-refractivity contribution in [1.29, 1.82) is 0 Å². The molecule has 2 amide bonds. The summed E-state index contributed by atoms with van der Waals surface area (Å²) in [4.78, 5) is 28.0. The topological polar surface area (TPSA) is 52.7 Å². The number of carbonyl (C=O) groups excluding carboxylic acids is 2. The van der Waals surface area contributed by atoms with Crippen LogP contribution >= 0.6 is 0 Å². The Morgan fingerprint density at radius 3 is 2.30 bits per heavy atom. The highest BCUT2D eigenvalue weighted by Gasteiger charge is 2.21. The average Bonchev–Trinajstić information content (AvgIpc) is 2.63. The molecule has 0 bridgehead atoms. The van der Waals surface area contributed by atoms with Crippen molar-refractivity contribution in [2.75, 3.05) is 31.5 Å². The molecule has 0 spiro atoms. The Morgan fingerprint density at radius 1 is 0.963 bits per heavy atom. The van der Waals surface area contributed by atoms with E-state index < -0.39 is 0 Å². The second-order valence-electron chi connectivity index (χ2n) is 7.20. The number of nitrogens with zero attached hydrogens (tertiary/aromatic N) is 2. The molecule has 1 saturated heterocycles. The van der Waals surface area contributed by atoms with E-state index in [0.29, 0.717) is 6.42 Å². The number of nitrogens with one attached hydrogen (secondary N) is 1. The van der Waals surface area contributed by atoms with E-state index in [1.807, 2.05) is 29.2 Å². The zero-order valence-electron chi connectivity index (χ0n) is 16.1. The van der Waals surface area contributed by atoms with Gasteiger partial charge in [0.05, 0.1) is 6.42 Å². The first-order valence-corrected chi connectivity index (χ1v) is 9.42. The van der Waals surface area contributed by atoms with Crippen LogP contribution < -0.4 is 5.32 Å². The Labute approximate surface area is 161 Å². The normalized spacial score (nSPS) is 14.8. The van der Waals surface area contributed by atoms with Crippen LogP contribution in [0.2, 0.25) is 0 Å². The monoisotopic (exact) mass is 365 g/mol. The lowest BCUT2D eigenvalue weighted by Crippen LogP contribution is -2.48. The third-order valence-corrected chi connectivity index (χ3v) is 4.84. The van der Waals surface area contributed by atoms with Crippen molar-refractivity contribution in [1.82, 2.24) is 9.80 Å². The lowest BCUT2D eigenvalue weighted by atomic mass is 10.1. The summed E-state index contributed by atoms with van der Waals surface area (Å²) < 4.78 is 0. The minimum Gasteiger partial charge on any atom is -0.340 e. The molecule has 0 unspecified atom stereocenters. The predicted molar refractivity (Wildman–Crippen MR) is 107 cm³/mol. The summed E-state index contributed by atoms with van der Waals surface area (Å²) >= 11 is 0. The highest BCUT2D eigenvalue weighted by atomic mass is 16.2. The molecule has 5 nitrogen and oxygen atoms in total. The molecule has 2 aromatic rings. The second kappa shape index (κ2) is 8.82. The minimum atomic E-state index is -0.0950. The van der Waals surface area contributed by atoms with Crippen LogP contribution in [0.5, 0.6) is 0 Å². The predicted octanol–water partition coefficient (Wildman–Crippen LogP) is 2.84. The smallest absolute Gasteiger partial charge is 0.227 e. The molecule has 1 aliphatic rings. The molecule has 1 heterocycles. The van der Waals surface area contributed by atoms with Crippen molar-refractivity contribution < 1.29 is 9.59 Å². The summed E-state index contributed by atoms with van der Waals surface area (Å²) in [6.45, 7) is 7.89. The van der Waals surface area contributed by atoms with E-state index in [2.05, 4.69) is 41.4 Å². The zero-order valence-corrected chi connectivity index (χ0v) is 16.1. The Bertz CT molecular complexity index is 793. The molecule has 142 valence electrons. The van der Waals surface area contributed by atoms with Gasteiger partial charge < -0.3 is 10.2 Å². The third-order valence-electron chi connectivity index (χ3n) is 4.84. The fourth-order valence-electron chi connectivity index (χ4n) is 3.42. The van der Waals surface area contributed by atoms with E-state index in [1.54, 1.807) is 0 Å². The van der Waals surface area contributed by atoms with Gasteiger partial charge in [0.1, 0.15) is 0 Å². The van der Waals surface area contributed by atoms with E-state index in [9.17, 15) is 9.59 Å². The molecule has 1 N–H and O–H groups in total. The van der Waals surface area contributed by atoms with Crippen LogP contribution in [0.3, 0.4) is 0 Å². The summed E-state index contributed by atoms with van der Waals surface area (Å²) in [6, 6.07) is 16.1. The molecular formula is C22H27N3O2. The summed E-state index contributed by atoms with van der Waals surface area (Å²) in [5, 5.41) is 2.74. The lowest BCUT2D eigenvalue weighted by molar-refractivity contribution is -0.132. The minimum absolute atomic E-state index is 0.0950. The molecular weight excluding hydrogens is 338 g/mol. The Hall–Kier alpha value is -2.66. The first-order valence-electron chi connectivity index (χ1n) is 9.42. The number of anilines is 1. The van der Waals surface area contributed by atoms with Gasteiger partial charge in [-0.3, -0.25) is 14.5 Å². The number of hydrogen-bond donors (Lipinski definition) is 1. The van der Waals surface area contributed by atoms with Gasteiger partial charge in [-0.2, -0.15) is 0 Å². The number of amides is 2. The standard InChI is InChI=1S/C22H27N3O2/c1-17-4-3-5-20(14-17)16-24-10-12-25(13-11-24)22(27)15-19-6-8-21(9-7-19)23-18(2)26/h3-9,14H,10-13,15-16H2,1-2H3,(H,23,26). The maximum absolute atomic E-state index is 12.6. The van der Waals surface area contributed by atoms with Gasteiger partial charge in [0.15, 0.2) is 0 Å². The zero-order chi connectivity index (χ0) is 19.2. The molecule has 0 aliphatic carbocycles. The van der Waals surface area contributed by atoms with Gasteiger partial charge in [-0.1, -0.05) is 42.0 Å². The van der Waals surface area contributed by atoms with E-state index in [4.69, 9.17) is 0 Å². The van der Waals surface area contributed by atoms with Crippen LogP contribution in [0.15, 0.2) is 48.5 Å². The molecule has 0 aromatic heterocycles. The van der Waals surface area contributed by atoms with E-state index in [1.165, 1.54) is 18.1 Å². The summed E-state index contributed by atoms with van der Waals surface area (Å²) in [5.74, 6) is 0.0693. The van der Waals surface area contributed by atoms with Gasteiger partial charge in [-0.05, 0) is 30.2 Å². The summed E-state index contributed by atoms with van der Waals surface area (Å²) in [5.41, 5.74) is 4.33. The van der Waals surface area contributed by atoms with Crippen molar-refractivity contribution in [3.8, 4) is 0 Å². The van der Waals surface area contributed by atoms with Crippen molar-refractivity contribution >= 4 is 17.5 Å². The number of rotatable bonds is 5. The first kappa shape index (κ1) is 19.1. The molecule has 0 saturated carbocycles. The van der Waals surface area contributed by atoms with Crippen LogP contribution in [0.4, 0.5) is 5.69 Å². The second-order valence-corrected chi connectivity index (χ2v) is 7.20. The molecule has 27 heavy (non-hydrogen) atoms.